The Morgan fingerprint density at radius 3 is 2.65 bits per heavy atom. The van der Waals surface area contributed by atoms with E-state index in [1.54, 1.807) is 6.08 Å². The fourth-order valence-corrected chi connectivity index (χ4v) is 3.41. The van der Waals surface area contributed by atoms with Crippen LogP contribution in [0.3, 0.4) is 0 Å². The van der Waals surface area contributed by atoms with Crippen molar-refractivity contribution in [1.29, 1.82) is 0 Å². The molecule has 1 fully saturated rings. The summed E-state index contributed by atoms with van der Waals surface area (Å²) in [6, 6.07) is 14.3. The van der Waals surface area contributed by atoms with Gasteiger partial charge >= 0.3 is 0 Å². The molecular formula is C23H28N2O. The maximum Gasteiger partial charge on any atom is 0.248 e. The van der Waals surface area contributed by atoms with Crippen LogP contribution in [-0.4, -0.2) is 23.9 Å². The van der Waals surface area contributed by atoms with Crippen molar-refractivity contribution in [2.24, 2.45) is 0 Å². The van der Waals surface area contributed by atoms with Crippen molar-refractivity contribution in [3.05, 3.63) is 70.8 Å². The molecular weight excluding hydrogens is 320 g/mol. The maximum absolute atomic E-state index is 12.2. The van der Waals surface area contributed by atoms with Gasteiger partial charge in [-0.05, 0) is 74.7 Å². The molecule has 3 heteroatoms. The van der Waals surface area contributed by atoms with E-state index in [4.69, 9.17) is 0 Å². The standard InChI is InChI=1S/C23H28N2O/c1-18-7-6-8-20(15-18)10-12-23(26)24-22-11-9-19(2)21(16-22)17-25-13-4-3-5-14-25/h6-12,15-16H,3-5,13-14,17H2,1-2H3,(H,24,26)/b12-10+. The third-order valence-electron chi connectivity index (χ3n) is 4.93. The van der Waals surface area contributed by atoms with E-state index in [1.165, 1.54) is 49.0 Å². The summed E-state index contributed by atoms with van der Waals surface area (Å²) in [7, 11) is 0. The van der Waals surface area contributed by atoms with Crippen LogP contribution in [0.5, 0.6) is 0 Å². The number of nitrogens with zero attached hydrogens (tertiary/aromatic N) is 1. The minimum atomic E-state index is -0.0979. The fraction of sp³-hybridized carbons (Fsp3) is 0.348. The van der Waals surface area contributed by atoms with Gasteiger partial charge in [0.25, 0.3) is 0 Å². The van der Waals surface area contributed by atoms with Crippen LogP contribution < -0.4 is 5.32 Å². The zero-order valence-corrected chi connectivity index (χ0v) is 15.8. The minimum Gasteiger partial charge on any atom is -0.323 e. The van der Waals surface area contributed by atoms with Crippen LogP contribution in [0.2, 0.25) is 0 Å². The highest BCUT2D eigenvalue weighted by Crippen LogP contribution is 2.19. The van der Waals surface area contributed by atoms with Gasteiger partial charge in [0.15, 0.2) is 0 Å². The number of hydrogen-bond acceptors (Lipinski definition) is 2. The molecule has 0 spiro atoms. The van der Waals surface area contributed by atoms with Crippen LogP contribution in [-0.2, 0) is 11.3 Å². The van der Waals surface area contributed by atoms with Crippen molar-refractivity contribution in [3.63, 3.8) is 0 Å². The van der Waals surface area contributed by atoms with Gasteiger partial charge in [0.1, 0.15) is 0 Å². The maximum atomic E-state index is 12.2. The largest absolute Gasteiger partial charge is 0.323 e. The smallest absolute Gasteiger partial charge is 0.248 e. The van der Waals surface area contributed by atoms with Gasteiger partial charge in [0.05, 0.1) is 0 Å². The number of nitrogens with one attached hydrogen (secondary N) is 1. The topological polar surface area (TPSA) is 32.3 Å². The molecule has 0 saturated carbocycles. The second kappa shape index (κ2) is 8.81. The molecule has 1 aliphatic heterocycles. The second-order valence-corrected chi connectivity index (χ2v) is 7.21. The number of piperidine rings is 1. The molecule has 0 atom stereocenters. The van der Waals surface area contributed by atoms with Gasteiger partial charge in [-0.25, -0.2) is 0 Å². The van der Waals surface area contributed by atoms with Crippen molar-refractivity contribution in [2.75, 3.05) is 18.4 Å². The Bertz CT molecular complexity index is 789. The molecule has 1 heterocycles. The van der Waals surface area contributed by atoms with Crippen LogP contribution >= 0.6 is 0 Å². The third-order valence-corrected chi connectivity index (χ3v) is 4.93. The van der Waals surface area contributed by atoms with E-state index in [0.717, 1.165) is 17.8 Å². The van der Waals surface area contributed by atoms with Crippen molar-refractivity contribution < 1.29 is 4.79 Å². The third kappa shape index (κ3) is 5.30. The van der Waals surface area contributed by atoms with Gasteiger partial charge in [-0.1, -0.05) is 42.3 Å². The zero-order chi connectivity index (χ0) is 18.4. The molecule has 2 aromatic carbocycles. The quantitative estimate of drug-likeness (QED) is 0.776. The van der Waals surface area contributed by atoms with Gasteiger partial charge in [-0.3, -0.25) is 9.69 Å². The van der Waals surface area contributed by atoms with E-state index in [9.17, 15) is 4.79 Å². The van der Waals surface area contributed by atoms with Gasteiger partial charge in [-0.15, -0.1) is 0 Å². The summed E-state index contributed by atoms with van der Waals surface area (Å²) in [6.45, 7) is 7.51. The van der Waals surface area contributed by atoms with E-state index in [0.29, 0.717) is 0 Å². The van der Waals surface area contributed by atoms with Crippen LogP contribution in [0.1, 0.15) is 41.5 Å². The highest BCUT2D eigenvalue weighted by Gasteiger charge is 2.12. The molecule has 0 bridgehead atoms. The summed E-state index contributed by atoms with van der Waals surface area (Å²) in [4.78, 5) is 14.8. The summed E-state index contributed by atoms with van der Waals surface area (Å²) in [5.41, 5.74) is 5.67. The minimum absolute atomic E-state index is 0.0979. The van der Waals surface area contributed by atoms with Crippen molar-refractivity contribution in [1.82, 2.24) is 4.90 Å². The van der Waals surface area contributed by atoms with Gasteiger partial charge < -0.3 is 5.32 Å². The normalized spacial score (nSPS) is 15.3. The van der Waals surface area contributed by atoms with Gasteiger partial charge in [0, 0.05) is 18.3 Å². The lowest BCUT2D eigenvalue weighted by molar-refractivity contribution is -0.111. The number of anilines is 1. The van der Waals surface area contributed by atoms with Crippen molar-refractivity contribution in [3.8, 4) is 0 Å². The van der Waals surface area contributed by atoms with Crippen LogP contribution in [0, 0.1) is 13.8 Å². The molecule has 0 aromatic heterocycles. The average molecular weight is 348 g/mol. The van der Waals surface area contributed by atoms with Gasteiger partial charge in [-0.2, -0.15) is 0 Å². The fourth-order valence-electron chi connectivity index (χ4n) is 3.41. The predicted molar refractivity (Wildman–Crippen MR) is 109 cm³/mol. The number of likely N-dealkylation sites (tertiary alicyclic amines) is 1. The lowest BCUT2D eigenvalue weighted by Gasteiger charge is -2.27. The molecule has 1 amide bonds. The summed E-state index contributed by atoms with van der Waals surface area (Å²) >= 11 is 0. The average Bonchev–Trinajstić information content (AvgIpc) is 2.64. The van der Waals surface area contributed by atoms with E-state index in [2.05, 4.69) is 35.3 Å². The summed E-state index contributed by atoms with van der Waals surface area (Å²) in [5.74, 6) is -0.0979. The van der Waals surface area contributed by atoms with E-state index < -0.39 is 0 Å². The Labute approximate surface area is 156 Å². The summed E-state index contributed by atoms with van der Waals surface area (Å²) in [5, 5.41) is 2.99. The Hall–Kier alpha value is -2.39. The molecule has 26 heavy (non-hydrogen) atoms. The Kier molecular flexibility index (Phi) is 6.24. The molecule has 0 aliphatic carbocycles. The van der Waals surface area contributed by atoms with E-state index >= 15 is 0 Å². The molecule has 0 unspecified atom stereocenters. The Morgan fingerprint density at radius 1 is 1.08 bits per heavy atom. The number of amides is 1. The van der Waals surface area contributed by atoms with E-state index in [-0.39, 0.29) is 5.91 Å². The second-order valence-electron chi connectivity index (χ2n) is 7.21. The first-order chi connectivity index (χ1) is 12.6. The van der Waals surface area contributed by atoms with Crippen molar-refractivity contribution in [2.45, 2.75) is 39.7 Å². The van der Waals surface area contributed by atoms with Crippen molar-refractivity contribution >= 4 is 17.7 Å². The van der Waals surface area contributed by atoms with Crippen LogP contribution in [0.15, 0.2) is 48.5 Å². The molecule has 3 nitrogen and oxygen atoms in total. The number of rotatable bonds is 5. The van der Waals surface area contributed by atoms with Gasteiger partial charge in [0.2, 0.25) is 5.91 Å². The Morgan fingerprint density at radius 2 is 1.88 bits per heavy atom. The van der Waals surface area contributed by atoms with E-state index in [1.807, 2.05) is 37.3 Å². The predicted octanol–water partition coefficient (Wildman–Crippen LogP) is 4.94. The lowest BCUT2D eigenvalue weighted by atomic mass is 10.1. The Balaban J connectivity index is 1.63. The van der Waals surface area contributed by atoms with Crippen LogP contribution in [0.25, 0.3) is 6.08 Å². The number of hydrogen-bond donors (Lipinski definition) is 1. The first-order valence-corrected chi connectivity index (χ1v) is 9.48. The SMILES string of the molecule is Cc1cccc(/C=C/C(=O)Nc2ccc(C)c(CN3CCCCC3)c2)c1. The summed E-state index contributed by atoms with van der Waals surface area (Å²) < 4.78 is 0. The monoisotopic (exact) mass is 348 g/mol. The molecule has 136 valence electrons. The first kappa shape index (κ1) is 18.4. The molecule has 2 aromatic rings. The molecule has 0 radical (unpaired) electrons. The highest BCUT2D eigenvalue weighted by molar-refractivity contribution is 6.02. The van der Waals surface area contributed by atoms with Crippen LogP contribution in [0.4, 0.5) is 5.69 Å². The number of benzene rings is 2. The summed E-state index contributed by atoms with van der Waals surface area (Å²) in [6.07, 6.45) is 7.38. The molecule has 1 saturated heterocycles. The molecule has 1 N–H and O–H groups in total. The molecule has 1 aliphatic rings. The number of aryl methyl sites for hydroxylation is 2. The lowest BCUT2D eigenvalue weighted by Crippen LogP contribution is -2.29. The number of carbonyl (C=O) groups excluding carboxylic acids is 1. The first-order valence-electron chi connectivity index (χ1n) is 9.48. The number of carbonyl (C=O) groups is 1. The zero-order valence-electron chi connectivity index (χ0n) is 15.8. The molecule has 3 rings (SSSR count). The highest BCUT2D eigenvalue weighted by atomic mass is 16.1.